The lowest BCUT2D eigenvalue weighted by molar-refractivity contribution is 0.0786. The molecular formula is C21H18Cl3N3O. The first-order valence-electron chi connectivity index (χ1n) is 9.06. The number of hydrogen-bond donors (Lipinski definition) is 0. The second kappa shape index (κ2) is 7.78. The Labute approximate surface area is 178 Å². The molecule has 2 aromatic carbocycles. The minimum Gasteiger partial charge on any atom is -0.337 e. The minimum atomic E-state index is -0.0472. The molecule has 4 rings (SSSR count). The molecule has 1 aliphatic rings. The van der Waals surface area contributed by atoms with E-state index in [1.165, 1.54) is 0 Å². The van der Waals surface area contributed by atoms with Gasteiger partial charge in [-0.05, 0) is 50.1 Å². The smallest absolute Gasteiger partial charge is 0.274 e. The van der Waals surface area contributed by atoms with E-state index in [4.69, 9.17) is 34.8 Å². The van der Waals surface area contributed by atoms with E-state index in [1.54, 1.807) is 22.9 Å². The molecule has 1 saturated heterocycles. The summed E-state index contributed by atoms with van der Waals surface area (Å²) in [5.74, 6) is -0.0472. The lowest BCUT2D eigenvalue weighted by atomic mass is 10.1. The fourth-order valence-corrected chi connectivity index (χ4v) is 4.16. The van der Waals surface area contributed by atoms with Gasteiger partial charge in [-0.1, -0.05) is 46.9 Å². The zero-order valence-electron chi connectivity index (χ0n) is 15.3. The van der Waals surface area contributed by atoms with Crippen molar-refractivity contribution in [3.8, 4) is 16.9 Å². The van der Waals surface area contributed by atoms with E-state index in [0.29, 0.717) is 26.4 Å². The number of likely N-dealkylation sites (tertiary alicyclic amines) is 1. The van der Waals surface area contributed by atoms with Gasteiger partial charge in [0.1, 0.15) is 0 Å². The maximum absolute atomic E-state index is 13.1. The van der Waals surface area contributed by atoms with Crippen LogP contribution >= 0.6 is 34.8 Å². The molecule has 7 heteroatoms. The van der Waals surface area contributed by atoms with Gasteiger partial charge in [0.25, 0.3) is 5.91 Å². The lowest BCUT2D eigenvalue weighted by Crippen LogP contribution is -2.28. The van der Waals surface area contributed by atoms with Crippen molar-refractivity contribution >= 4 is 40.7 Å². The molecule has 144 valence electrons. The fraction of sp³-hybridized carbons (Fsp3) is 0.238. The van der Waals surface area contributed by atoms with Crippen LogP contribution in [0.5, 0.6) is 0 Å². The number of carbonyl (C=O) groups excluding carboxylic acids is 1. The SMILES string of the molecule is Cc1c(C(=O)N2CCCC2)nn(-c2ccc(Cl)cc2Cl)c1-c1ccc(Cl)cc1. The maximum atomic E-state index is 13.1. The van der Waals surface area contributed by atoms with Gasteiger partial charge in [-0.15, -0.1) is 0 Å². The Morgan fingerprint density at radius 3 is 2.25 bits per heavy atom. The van der Waals surface area contributed by atoms with Crippen molar-refractivity contribution in [2.24, 2.45) is 0 Å². The second-order valence-corrected chi connectivity index (χ2v) is 8.12. The number of hydrogen-bond acceptors (Lipinski definition) is 2. The molecule has 1 fully saturated rings. The molecule has 0 atom stereocenters. The van der Waals surface area contributed by atoms with Gasteiger partial charge in [0.05, 0.1) is 16.4 Å². The molecule has 4 nitrogen and oxygen atoms in total. The summed E-state index contributed by atoms with van der Waals surface area (Å²) >= 11 is 18.6. The zero-order chi connectivity index (χ0) is 19.8. The van der Waals surface area contributed by atoms with Gasteiger partial charge in [-0.3, -0.25) is 4.79 Å². The Morgan fingerprint density at radius 1 is 0.964 bits per heavy atom. The molecular weight excluding hydrogens is 417 g/mol. The van der Waals surface area contributed by atoms with Crippen molar-refractivity contribution in [2.75, 3.05) is 13.1 Å². The Bertz CT molecular complexity index is 1040. The summed E-state index contributed by atoms with van der Waals surface area (Å²) in [6.45, 7) is 3.45. The summed E-state index contributed by atoms with van der Waals surface area (Å²) in [6.07, 6.45) is 2.05. The van der Waals surface area contributed by atoms with Crippen LogP contribution in [0.1, 0.15) is 28.9 Å². The molecule has 0 unspecified atom stereocenters. The third-order valence-corrected chi connectivity index (χ3v) is 5.76. The first kappa shape index (κ1) is 19.3. The van der Waals surface area contributed by atoms with Crippen molar-refractivity contribution in [3.05, 3.63) is 68.8 Å². The lowest BCUT2D eigenvalue weighted by Gasteiger charge is -2.13. The van der Waals surface area contributed by atoms with Crippen LogP contribution < -0.4 is 0 Å². The summed E-state index contributed by atoms with van der Waals surface area (Å²) in [6, 6.07) is 12.7. The van der Waals surface area contributed by atoms with Crippen LogP contribution in [0.3, 0.4) is 0 Å². The zero-order valence-corrected chi connectivity index (χ0v) is 17.5. The van der Waals surface area contributed by atoms with Crippen LogP contribution in [0.2, 0.25) is 15.1 Å². The van der Waals surface area contributed by atoms with Crippen LogP contribution in [0, 0.1) is 6.92 Å². The first-order chi connectivity index (χ1) is 13.5. The van der Waals surface area contributed by atoms with Gasteiger partial charge in [-0.25, -0.2) is 4.68 Å². The molecule has 0 saturated carbocycles. The Kier molecular flexibility index (Phi) is 5.37. The number of nitrogens with zero attached hydrogens (tertiary/aromatic N) is 3. The van der Waals surface area contributed by atoms with E-state index in [-0.39, 0.29) is 5.91 Å². The van der Waals surface area contributed by atoms with Crippen LogP contribution in [0.4, 0.5) is 0 Å². The normalized spacial score (nSPS) is 13.9. The summed E-state index contributed by atoms with van der Waals surface area (Å²) in [7, 11) is 0. The number of carbonyl (C=O) groups is 1. The number of benzene rings is 2. The molecule has 1 aliphatic heterocycles. The topological polar surface area (TPSA) is 38.1 Å². The summed E-state index contributed by atoms with van der Waals surface area (Å²) in [5, 5.41) is 6.33. The van der Waals surface area contributed by atoms with E-state index >= 15 is 0 Å². The van der Waals surface area contributed by atoms with E-state index in [2.05, 4.69) is 5.10 Å². The van der Waals surface area contributed by atoms with Crippen molar-refractivity contribution in [1.29, 1.82) is 0 Å². The van der Waals surface area contributed by atoms with E-state index < -0.39 is 0 Å². The van der Waals surface area contributed by atoms with Crippen LogP contribution in [0.15, 0.2) is 42.5 Å². The van der Waals surface area contributed by atoms with Gasteiger partial charge in [0.2, 0.25) is 0 Å². The van der Waals surface area contributed by atoms with Gasteiger partial charge >= 0.3 is 0 Å². The summed E-state index contributed by atoms with van der Waals surface area (Å²) < 4.78 is 1.72. The molecule has 0 radical (unpaired) electrons. The van der Waals surface area contributed by atoms with E-state index in [1.807, 2.05) is 36.1 Å². The third-order valence-electron chi connectivity index (χ3n) is 4.97. The highest BCUT2D eigenvalue weighted by molar-refractivity contribution is 6.35. The summed E-state index contributed by atoms with van der Waals surface area (Å²) in [5.41, 5.74) is 3.63. The Hall–Kier alpha value is -2.01. The van der Waals surface area contributed by atoms with Crippen molar-refractivity contribution in [1.82, 2.24) is 14.7 Å². The average Bonchev–Trinajstić information content (AvgIpc) is 3.31. The number of halogens is 3. The standard InChI is InChI=1S/C21H18Cl3N3O/c1-13-19(21(28)26-10-2-3-11-26)25-27(18-9-8-16(23)12-17(18)24)20(13)14-4-6-15(22)7-5-14/h4-9,12H,2-3,10-11H2,1H3. The van der Waals surface area contributed by atoms with Gasteiger partial charge in [0.15, 0.2) is 5.69 Å². The third kappa shape index (κ3) is 3.52. The fourth-order valence-electron chi connectivity index (χ4n) is 3.54. The molecule has 0 spiro atoms. The highest BCUT2D eigenvalue weighted by Crippen LogP contribution is 2.33. The van der Waals surface area contributed by atoms with Gasteiger partial charge in [-0.2, -0.15) is 5.10 Å². The van der Waals surface area contributed by atoms with Crippen LogP contribution in [-0.2, 0) is 0 Å². The van der Waals surface area contributed by atoms with Gasteiger partial charge < -0.3 is 4.90 Å². The highest BCUT2D eigenvalue weighted by Gasteiger charge is 2.27. The average molecular weight is 435 g/mol. The number of amides is 1. The van der Waals surface area contributed by atoms with E-state index in [9.17, 15) is 4.79 Å². The predicted molar refractivity (Wildman–Crippen MR) is 114 cm³/mol. The molecule has 1 aromatic heterocycles. The quantitative estimate of drug-likeness (QED) is 0.504. The van der Waals surface area contributed by atoms with Crippen LogP contribution in [0.25, 0.3) is 16.9 Å². The predicted octanol–water partition coefficient (Wildman–Crippen LogP) is 6.04. The molecule has 1 amide bonds. The largest absolute Gasteiger partial charge is 0.337 e. The molecule has 0 aliphatic carbocycles. The van der Waals surface area contributed by atoms with E-state index in [0.717, 1.165) is 42.8 Å². The summed E-state index contributed by atoms with van der Waals surface area (Å²) in [4.78, 5) is 14.9. The molecule has 2 heterocycles. The van der Waals surface area contributed by atoms with Gasteiger partial charge in [0, 0.05) is 34.3 Å². The van der Waals surface area contributed by atoms with Crippen molar-refractivity contribution in [2.45, 2.75) is 19.8 Å². The molecule has 0 N–H and O–H groups in total. The van der Waals surface area contributed by atoms with Crippen LogP contribution in [-0.4, -0.2) is 33.7 Å². The van der Waals surface area contributed by atoms with Crippen molar-refractivity contribution in [3.63, 3.8) is 0 Å². The Balaban J connectivity index is 1.91. The second-order valence-electron chi connectivity index (χ2n) is 6.84. The molecule has 0 bridgehead atoms. The molecule has 3 aromatic rings. The minimum absolute atomic E-state index is 0.0472. The number of aromatic nitrogens is 2. The molecule has 28 heavy (non-hydrogen) atoms. The number of rotatable bonds is 3. The Morgan fingerprint density at radius 2 is 1.61 bits per heavy atom. The van der Waals surface area contributed by atoms with Crippen molar-refractivity contribution < 1.29 is 4.79 Å². The first-order valence-corrected chi connectivity index (χ1v) is 10.2. The monoisotopic (exact) mass is 433 g/mol. The highest BCUT2D eigenvalue weighted by atomic mass is 35.5. The maximum Gasteiger partial charge on any atom is 0.274 e.